The summed E-state index contributed by atoms with van der Waals surface area (Å²) in [5, 5.41) is 54.7. The summed E-state index contributed by atoms with van der Waals surface area (Å²) < 4.78 is 11.3. The lowest BCUT2D eigenvalue weighted by Gasteiger charge is -2.40. The maximum Gasteiger partial charge on any atom is 0.220 e. The molecule has 454 valence electrons. The number of carbonyl (C=O) groups excluding carboxylic acids is 1. The minimum atomic E-state index is -1.57. The summed E-state index contributed by atoms with van der Waals surface area (Å²) in [7, 11) is 0. The highest BCUT2D eigenvalue weighted by Gasteiger charge is 2.44. The van der Waals surface area contributed by atoms with E-state index in [1.165, 1.54) is 270 Å². The zero-order valence-corrected chi connectivity index (χ0v) is 50.7. The Kier molecular flexibility index (Phi) is 55.0. The Morgan fingerprint density at radius 1 is 0.442 bits per heavy atom. The van der Waals surface area contributed by atoms with Crippen molar-refractivity contribution in [3.05, 3.63) is 36.5 Å². The van der Waals surface area contributed by atoms with Crippen LogP contribution in [0.25, 0.3) is 0 Å². The standard InChI is InChI=1S/C68H129NO8/c1-3-5-7-9-11-13-15-17-19-21-23-25-27-28-29-30-31-32-33-34-36-37-39-41-43-45-47-49-51-53-55-57-62(71)61(60-76-68-67(75)66(74)65(73)63(59-70)77-68)69-64(72)58-56-54-52-50-48-46-44-42-40-38-35-26-24-22-20-18-16-14-12-10-8-6-4-2/h16,18,22,24,55,57,61-63,65-68,70-71,73-75H,3-15,17,19-21,23,25-54,56,58-60H2,1-2H3,(H,69,72)/b18-16-,24-22-,57-55+. The number of amides is 1. The van der Waals surface area contributed by atoms with Crippen LogP contribution in [0.2, 0.25) is 0 Å². The summed E-state index contributed by atoms with van der Waals surface area (Å²) in [6, 6.07) is -0.807. The van der Waals surface area contributed by atoms with Crippen molar-refractivity contribution in [2.75, 3.05) is 13.2 Å². The van der Waals surface area contributed by atoms with Gasteiger partial charge in [-0.15, -0.1) is 0 Å². The van der Waals surface area contributed by atoms with Gasteiger partial charge in [0.25, 0.3) is 0 Å². The van der Waals surface area contributed by atoms with Crippen LogP contribution in [0.4, 0.5) is 0 Å². The number of hydrogen-bond acceptors (Lipinski definition) is 8. The molecule has 1 rings (SSSR count). The fourth-order valence-corrected chi connectivity index (χ4v) is 10.9. The van der Waals surface area contributed by atoms with Crippen LogP contribution in [0.15, 0.2) is 36.5 Å². The van der Waals surface area contributed by atoms with Gasteiger partial charge in [0.1, 0.15) is 24.4 Å². The Morgan fingerprint density at radius 2 is 0.766 bits per heavy atom. The van der Waals surface area contributed by atoms with Gasteiger partial charge >= 0.3 is 0 Å². The molecule has 0 aromatic rings. The van der Waals surface area contributed by atoms with Gasteiger partial charge in [0.15, 0.2) is 6.29 Å². The zero-order valence-electron chi connectivity index (χ0n) is 50.7. The van der Waals surface area contributed by atoms with E-state index >= 15 is 0 Å². The molecule has 0 aliphatic carbocycles. The topological polar surface area (TPSA) is 149 Å². The molecule has 1 aliphatic heterocycles. The van der Waals surface area contributed by atoms with Crippen molar-refractivity contribution in [3.8, 4) is 0 Å². The summed E-state index contributed by atoms with van der Waals surface area (Å²) >= 11 is 0. The Hall–Kier alpha value is -1.59. The Morgan fingerprint density at radius 3 is 1.12 bits per heavy atom. The van der Waals surface area contributed by atoms with Crippen LogP contribution < -0.4 is 5.32 Å². The summed E-state index contributed by atoms with van der Waals surface area (Å²) in [5.41, 5.74) is 0. The molecule has 9 heteroatoms. The molecule has 7 unspecified atom stereocenters. The molecule has 1 aliphatic rings. The molecule has 6 N–H and O–H groups in total. The van der Waals surface area contributed by atoms with Crippen molar-refractivity contribution in [2.45, 2.75) is 378 Å². The third-order valence-electron chi connectivity index (χ3n) is 16.2. The molecule has 0 aromatic heterocycles. The van der Waals surface area contributed by atoms with Gasteiger partial charge in [0.2, 0.25) is 5.91 Å². The number of rotatable bonds is 59. The van der Waals surface area contributed by atoms with Gasteiger partial charge in [-0.05, 0) is 51.4 Å². The first-order chi connectivity index (χ1) is 37.8. The van der Waals surface area contributed by atoms with Gasteiger partial charge in [-0.2, -0.15) is 0 Å². The molecule has 0 radical (unpaired) electrons. The number of aliphatic hydroxyl groups is 5. The van der Waals surface area contributed by atoms with Crippen molar-refractivity contribution in [3.63, 3.8) is 0 Å². The van der Waals surface area contributed by atoms with Crippen molar-refractivity contribution < 1.29 is 39.8 Å². The minimum absolute atomic E-state index is 0.174. The van der Waals surface area contributed by atoms with Crippen molar-refractivity contribution in [2.24, 2.45) is 0 Å². The molecule has 1 heterocycles. The monoisotopic (exact) mass is 1090 g/mol. The summed E-state index contributed by atoms with van der Waals surface area (Å²) in [4.78, 5) is 13.1. The van der Waals surface area contributed by atoms with Crippen LogP contribution in [-0.4, -0.2) is 87.5 Å². The van der Waals surface area contributed by atoms with Crippen LogP contribution in [-0.2, 0) is 14.3 Å². The van der Waals surface area contributed by atoms with E-state index in [4.69, 9.17) is 9.47 Å². The fourth-order valence-electron chi connectivity index (χ4n) is 10.9. The number of allylic oxidation sites excluding steroid dienone is 5. The molecule has 7 atom stereocenters. The van der Waals surface area contributed by atoms with Gasteiger partial charge in [-0.3, -0.25) is 4.79 Å². The maximum absolute atomic E-state index is 13.1. The summed E-state index contributed by atoms with van der Waals surface area (Å²) in [5.74, 6) is -0.174. The van der Waals surface area contributed by atoms with Crippen molar-refractivity contribution in [1.29, 1.82) is 0 Å². The normalized spacial score (nSPS) is 18.9. The Labute approximate surface area is 476 Å². The number of carbonyl (C=O) groups is 1. The number of ether oxygens (including phenoxy) is 2. The quantitative estimate of drug-likeness (QED) is 0.0261. The van der Waals surface area contributed by atoms with E-state index in [-0.39, 0.29) is 12.5 Å². The van der Waals surface area contributed by atoms with E-state index in [2.05, 4.69) is 43.5 Å². The van der Waals surface area contributed by atoms with E-state index in [0.29, 0.717) is 6.42 Å². The lowest BCUT2D eigenvalue weighted by atomic mass is 9.99. The van der Waals surface area contributed by atoms with Crippen LogP contribution in [0, 0.1) is 0 Å². The van der Waals surface area contributed by atoms with E-state index < -0.39 is 49.5 Å². The van der Waals surface area contributed by atoms with Gasteiger partial charge in [-0.1, -0.05) is 314 Å². The van der Waals surface area contributed by atoms with Gasteiger partial charge in [0.05, 0.1) is 25.4 Å². The van der Waals surface area contributed by atoms with Crippen LogP contribution >= 0.6 is 0 Å². The third-order valence-corrected chi connectivity index (χ3v) is 16.2. The van der Waals surface area contributed by atoms with Crippen molar-refractivity contribution >= 4 is 5.91 Å². The molecule has 1 saturated heterocycles. The molecule has 1 fully saturated rings. The first-order valence-electron chi connectivity index (χ1n) is 33.7. The molecule has 0 spiro atoms. The predicted molar refractivity (Wildman–Crippen MR) is 327 cm³/mol. The Bertz CT molecular complexity index is 1310. The average molecular weight is 1090 g/mol. The molecular weight excluding hydrogens is 959 g/mol. The second-order valence-corrected chi connectivity index (χ2v) is 23.6. The molecule has 0 saturated carbocycles. The lowest BCUT2D eigenvalue weighted by molar-refractivity contribution is -0.302. The van der Waals surface area contributed by atoms with E-state index in [9.17, 15) is 30.3 Å². The molecule has 77 heavy (non-hydrogen) atoms. The average Bonchev–Trinajstić information content (AvgIpc) is 3.43. The van der Waals surface area contributed by atoms with Gasteiger partial charge in [-0.25, -0.2) is 0 Å². The second kappa shape index (κ2) is 57.6. The number of unbranched alkanes of at least 4 members (excludes halogenated alkanes) is 45. The van der Waals surface area contributed by atoms with Crippen LogP contribution in [0.3, 0.4) is 0 Å². The van der Waals surface area contributed by atoms with Crippen LogP contribution in [0.5, 0.6) is 0 Å². The maximum atomic E-state index is 13.1. The minimum Gasteiger partial charge on any atom is -0.394 e. The zero-order chi connectivity index (χ0) is 55.8. The first kappa shape index (κ1) is 73.4. The van der Waals surface area contributed by atoms with Crippen LogP contribution in [0.1, 0.15) is 335 Å². The van der Waals surface area contributed by atoms with E-state index in [1.54, 1.807) is 6.08 Å². The highest BCUT2D eigenvalue weighted by atomic mass is 16.7. The Balaban J connectivity index is 2.14. The van der Waals surface area contributed by atoms with E-state index in [1.807, 2.05) is 6.08 Å². The first-order valence-corrected chi connectivity index (χ1v) is 33.7. The summed E-state index contributed by atoms with van der Waals surface area (Å²) in [6.45, 7) is 3.81. The number of nitrogens with one attached hydrogen (secondary N) is 1. The largest absolute Gasteiger partial charge is 0.394 e. The highest BCUT2D eigenvalue weighted by molar-refractivity contribution is 5.76. The van der Waals surface area contributed by atoms with Crippen molar-refractivity contribution in [1.82, 2.24) is 5.32 Å². The number of hydrogen-bond donors (Lipinski definition) is 6. The second-order valence-electron chi connectivity index (χ2n) is 23.6. The molecule has 1 amide bonds. The molecule has 9 nitrogen and oxygen atoms in total. The molecule has 0 bridgehead atoms. The number of aliphatic hydroxyl groups excluding tert-OH is 5. The van der Waals surface area contributed by atoms with Gasteiger partial charge < -0.3 is 40.3 Å². The summed E-state index contributed by atoms with van der Waals surface area (Å²) in [6.07, 6.45) is 69.5. The van der Waals surface area contributed by atoms with E-state index in [0.717, 1.165) is 44.9 Å². The molecule has 0 aromatic carbocycles. The van der Waals surface area contributed by atoms with Gasteiger partial charge in [0, 0.05) is 6.42 Å². The molecular formula is C68H129NO8. The highest BCUT2D eigenvalue weighted by Crippen LogP contribution is 2.23. The predicted octanol–water partition coefficient (Wildman–Crippen LogP) is 17.9. The SMILES string of the molecule is CCCCCCC/C=C\C/C=C\CCCCCCCCCCCCCC(=O)NC(COC1OC(CO)C(O)C(O)C1O)C(O)/C=C/CCCCCCCCCCCCCCCCCCCCCCCCCCCCCCC. The fraction of sp³-hybridized carbons (Fsp3) is 0.897. The third kappa shape index (κ3) is 46.7. The lowest BCUT2D eigenvalue weighted by Crippen LogP contribution is -2.60. The smallest absolute Gasteiger partial charge is 0.220 e.